The van der Waals surface area contributed by atoms with E-state index >= 15 is 0 Å². The Morgan fingerprint density at radius 2 is 2.16 bits per heavy atom. The number of likely N-dealkylation sites (N-methyl/N-ethyl adjacent to an activating group) is 1. The van der Waals surface area contributed by atoms with Gasteiger partial charge in [-0.2, -0.15) is 0 Å². The fourth-order valence-electron chi connectivity index (χ4n) is 2.24. The van der Waals surface area contributed by atoms with Gasteiger partial charge < -0.3 is 5.73 Å². The molecule has 1 heterocycles. The molecule has 2 nitrogen and oxygen atoms in total. The molecule has 0 saturated heterocycles. The van der Waals surface area contributed by atoms with E-state index in [4.69, 9.17) is 5.73 Å². The molecule has 2 N–H and O–H groups in total. The summed E-state index contributed by atoms with van der Waals surface area (Å²) in [6, 6.07) is 11.0. The van der Waals surface area contributed by atoms with Crippen molar-refractivity contribution in [2.24, 2.45) is 5.73 Å². The van der Waals surface area contributed by atoms with Gasteiger partial charge in [-0.3, -0.25) is 4.90 Å². The van der Waals surface area contributed by atoms with E-state index in [1.54, 1.807) is 11.3 Å². The first-order chi connectivity index (χ1) is 9.10. The van der Waals surface area contributed by atoms with Crippen molar-refractivity contribution in [2.45, 2.75) is 19.5 Å². The average molecular weight is 339 g/mol. The van der Waals surface area contributed by atoms with Crippen LogP contribution in [-0.2, 0) is 6.54 Å². The van der Waals surface area contributed by atoms with E-state index in [0.717, 1.165) is 11.0 Å². The first kappa shape index (κ1) is 14.7. The Morgan fingerprint density at radius 1 is 1.37 bits per heavy atom. The molecule has 1 unspecified atom stereocenters. The van der Waals surface area contributed by atoms with Crippen molar-refractivity contribution in [1.82, 2.24) is 4.90 Å². The molecule has 2 aromatic rings. The minimum atomic E-state index is 0.265. The van der Waals surface area contributed by atoms with Gasteiger partial charge in [-0.15, -0.1) is 11.3 Å². The lowest BCUT2D eigenvalue weighted by Crippen LogP contribution is -2.29. The zero-order valence-electron chi connectivity index (χ0n) is 11.3. The summed E-state index contributed by atoms with van der Waals surface area (Å²) < 4.78 is 1.15. The third-order valence-electron chi connectivity index (χ3n) is 3.21. The van der Waals surface area contributed by atoms with Crippen molar-refractivity contribution < 1.29 is 0 Å². The number of halogens is 1. The van der Waals surface area contributed by atoms with E-state index in [2.05, 4.69) is 70.5 Å². The summed E-state index contributed by atoms with van der Waals surface area (Å²) >= 11 is 5.27. The molecule has 0 aliphatic heterocycles. The van der Waals surface area contributed by atoms with E-state index < -0.39 is 0 Å². The van der Waals surface area contributed by atoms with E-state index in [1.165, 1.54) is 16.0 Å². The molecule has 0 aliphatic rings. The highest BCUT2D eigenvalue weighted by atomic mass is 79.9. The topological polar surface area (TPSA) is 29.3 Å². The number of aryl methyl sites for hydroxylation is 1. The van der Waals surface area contributed by atoms with Crippen LogP contribution in [0.4, 0.5) is 0 Å². The lowest BCUT2D eigenvalue weighted by atomic mass is 10.0. The second-order valence-electron chi connectivity index (χ2n) is 4.81. The number of nitrogens with two attached hydrogens (primary N) is 1. The number of thiophene rings is 1. The Kier molecular flexibility index (Phi) is 5.16. The predicted molar refractivity (Wildman–Crippen MR) is 86.5 cm³/mol. The lowest BCUT2D eigenvalue weighted by Gasteiger charge is -2.27. The molecule has 0 fully saturated rings. The molecule has 0 amide bonds. The smallest absolute Gasteiger partial charge is 0.0471 e. The van der Waals surface area contributed by atoms with Crippen molar-refractivity contribution >= 4 is 27.3 Å². The minimum Gasteiger partial charge on any atom is -0.329 e. The van der Waals surface area contributed by atoms with Crippen LogP contribution in [0.3, 0.4) is 0 Å². The summed E-state index contributed by atoms with van der Waals surface area (Å²) in [6.45, 7) is 3.67. The highest BCUT2D eigenvalue weighted by Gasteiger charge is 2.16. The van der Waals surface area contributed by atoms with Crippen LogP contribution in [-0.4, -0.2) is 18.5 Å². The second-order valence-corrected chi connectivity index (χ2v) is 6.72. The van der Waals surface area contributed by atoms with Gasteiger partial charge in [0.1, 0.15) is 0 Å². The summed E-state index contributed by atoms with van der Waals surface area (Å²) in [5.41, 5.74) is 8.54. The molecular weight excluding hydrogens is 320 g/mol. The molecule has 0 radical (unpaired) electrons. The molecule has 0 saturated carbocycles. The second kappa shape index (κ2) is 6.66. The van der Waals surface area contributed by atoms with Crippen molar-refractivity contribution in [3.05, 3.63) is 56.2 Å². The molecular formula is C15H19BrN2S. The third-order valence-corrected chi connectivity index (χ3v) is 4.89. The van der Waals surface area contributed by atoms with Crippen molar-refractivity contribution in [3.8, 4) is 0 Å². The fourth-order valence-corrected chi connectivity index (χ4v) is 3.75. The number of nitrogens with zero attached hydrogens (tertiary/aromatic N) is 1. The standard InChI is InChI=1S/C15H19BrN2S/c1-11-4-3-5-12(6-11)15(8-17)18(2)9-14-7-13(16)10-19-14/h3-7,10,15H,8-9,17H2,1-2H3. The quantitative estimate of drug-likeness (QED) is 0.894. The monoisotopic (exact) mass is 338 g/mol. The van der Waals surface area contributed by atoms with Crippen LogP contribution < -0.4 is 5.73 Å². The zero-order chi connectivity index (χ0) is 13.8. The van der Waals surface area contributed by atoms with E-state index in [9.17, 15) is 0 Å². The van der Waals surface area contributed by atoms with Crippen molar-refractivity contribution in [3.63, 3.8) is 0 Å². The summed E-state index contributed by atoms with van der Waals surface area (Å²) in [4.78, 5) is 3.66. The Bertz CT molecular complexity index is 538. The van der Waals surface area contributed by atoms with Gasteiger partial charge >= 0.3 is 0 Å². The maximum atomic E-state index is 5.97. The maximum Gasteiger partial charge on any atom is 0.0471 e. The normalized spacial score (nSPS) is 12.9. The van der Waals surface area contributed by atoms with Crippen molar-refractivity contribution in [2.75, 3.05) is 13.6 Å². The number of hydrogen-bond donors (Lipinski definition) is 1. The third kappa shape index (κ3) is 3.89. The van der Waals surface area contributed by atoms with E-state index in [1.807, 2.05) is 0 Å². The maximum absolute atomic E-state index is 5.97. The minimum absolute atomic E-state index is 0.265. The predicted octanol–water partition coefficient (Wildman–Crippen LogP) is 3.95. The fraction of sp³-hybridized carbons (Fsp3) is 0.333. The Balaban J connectivity index is 2.12. The SMILES string of the molecule is Cc1cccc(C(CN)N(C)Cc2cc(Br)cs2)c1. The zero-order valence-corrected chi connectivity index (χ0v) is 13.7. The van der Waals surface area contributed by atoms with Crippen LogP contribution in [0.15, 0.2) is 40.2 Å². The summed E-state index contributed by atoms with van der Waals surface area (Å²) in [5, 5.41) is 2.12. The van der Waals surface area contributed by atoms with E-state index in [-0.39, 0.29) is 6.04 Å². The molecule has 0 spiro atoms. The van der Waals surface area contributed by atoms with Crippen LogP contribution in [0, 0.1) is 6.92 Å². The van der Waals surface area contributed by atoms with Crippen LogP contribution >= 0.6 is 27.3 Å². The van der Waals surface area contributed by atoms with Gasteiger partial charge in [0.2, 0.25) is 0 Å². The highest BCUT2D eigenvalue weighted by Crippen LogP contribution is 2.25. The molecule has 1 atom stereocenters. The molecule has 0 aliphatic carbocycles. The first-order valence-corrected chi connectivity index (χ1v) is 7.97. The summed E-state index contributed by atoms with van der Waals surface area (Å²) in [5.74, 6) is 0. The molecule has 1 aromatic heterocycles. The molecule has 19 heavy (non-hydrogen) atoms. The van der Waals surface area contributed by atoms with Crippen molar-refractivity contribution in [1.29, 1.82) is 0 Å². The van der Waals surface area contributed by atoms with Gasteiger partial charge in [0.15, 0.2) is 0 Å². The van der Waals surface area contributed by atoms with Gasteiger partial charge in [-0.05, 0) is 41.5 Å². The van der Waals surface area contributed by atoms with Gasteiger partial charge in [0, 0.05) is 33.9 Å². The van der Waals surface area contributed by atoms with Gasteiger partial charge in [0.25, 0.3) is 0 Å². The molecule has 102 valence electrons. The Hall–Kier alpha value is -0.680. The van der Waals surface area contributed by atoms with Crippen LogP contribution in [0.2, 0.25) is 0 Å². The van der Waals surface area contributed by atoms with E-state index in [0.29, 0.717) is 6.54 Å². The first-order valence-electron chi connectivity index (χ1n) is 6.30. The molecule has 4 heteroatoms. The molecule has 0 bridgehead atoms. The largest absolute Gasteiger partial charge is 0.329 e. The molecule has 1 aromatic carbocycles. The highest BCUT2D eigenvalue weighted by molar-refractivity contribution is 9.10. The van der Waals surface area contributed by atoms with Gasteiger partial charge in [0.05, 0.1) is 0 Å². The summed E-state index contributed by atoms with van der Waals surface area (Å²) in [6.07, 6.45) is 0. The Morgan fingerprint density at radius 3 is 2.74 bits per heavy atom. The van der Waals surface area contributed by atoms with Crippen LogP contribution in [0.5, 0.6) is 0 Å². The lowest BCUT2D eigenvalue weighted by molar-refractivity contribution is 0.244. The number of rotatable bonds is 5. The number of hydrogen-bond acceptors (Lipinski definition) is 3. The summed E-state index contributed by atoms with van der Waals surface area (Å²) in [7, 11) is 2.13. The number of benzene rings is 1. The van der Waals surface area contributed by atoms with Gasteiger partial charge in [-0.25, -0.2) is 0 Å². The average Bonchev–Trinajstić information content (AvgIpc) is 2.75. The van der Waals surface area contributed by atoms with Gasteiger partial charge in [-0.1, -0.05) is 29.8 Å². The Labute approximate surface area is 127 Å². The molecule has 2 rings (SSSR count). The van der Waals surface area contributed by atoms with Crippen LogP contribution in [0.1, 0.15) is 22.0 Å². The van der Waals surface area contributed by atoms with Crippen LogP contribution in [0.25, 0.3) is 0 Å².